The Morgan fingerprint density at radius 1 is 1.57 bits per heavy atom. The number of hydrogen-bond donors (Lipinski definition) is 1. The van der Waals surface area contributed by atoms with Gasteiger partial charge in [0.05, 0.1) is 13.2 Å². The van der Waals surface area contributed by atoms with Gasteiger partial charge in [-0.2, -0.15) is 0 Å². The maximum Gasteiger partial charge on any atom is 0.123 e. The van der Waals surface area contributed by atoms with Crippen molar-refractivity contribution in [3.63, 3.8) is 0 Å². The monoisotopic (exact) mass is 192 g/mol. The lowest BCUT2D eigenvalue weighted by Crippen LogP contribution is -2.06. The van der Waals surface area contributed by atoms with Crippen molar-refractivity contribution in [3.05, 3.63) is 29.3 Å². The molecule has 1 fully saturated rings. The zero-order valence-electron chi connectivity index (χ0n) is 8.66. The molecule has 76 valence electrons. The molecule has 2 rings (SSSR count). The van der Waals surface area contributed by atoms with E-state index < -0.39 is 0 Å². The molecule has 2 unspecified atom stereocenters. The van der Waals surface area contributed by atoms with Crippen molar-refractivity contribution in [3.8, 4) is 5.75 Å². The van der Waals surface area contributed by atoms with Gasteiger partial charge in [0.15, 0.2) is 0 Å². The third-order valence-electron chi connectivity index (χ3n) is 2.71. The summed E-state index contributed by atoms with van der Waals surface area (Å²) in [5.41, 5.74) is 2.55. The maximum absolute atomic E-state index is 5.69. The molecular formula is C11H16N2O. The van der Waals surface area contributed by atoms with E-state index in [1.165, 1.54) is 11.1 Å². The highest BCUT2D eigenvalue weighted by atomic mass is 16.5. The largest absolute Gasteiger partial charge is 0.496 e. The number of hydrazine groups is 1. The van der Waals surface area contributed by atoms with Gasteiger partial charge in [-0.25, -0.2) is 5.01 Å². The van der Waals surface area contributed by atoms with Crippen LogP contribution >= 0.6 is 0 Å². The van der Waals surface area contributed by atoms with E-state index in [9.17, 15) is 0 Å². The van der Waals surface area contributed by atoms with Gasteiger partial charge >= 0.3 is 0 Å². The zero-order chi connectivity index (χ0) is 10.1. The molecule has 0 aliphatic carbocycles. The van der Waals surface area contributed by atoms with Crippen molar-refractivity contribution in [1.29, 1.82) is 0 Å². The predicted molar refractivity (Wildman–Crippen MR) is 56.0 cm³/mol. The molecule has 1 heterocycles. The molecule has 0 radical (unpaired) electrons. The summed E-state index contributed by atoms with van der Waals surface area (Å²) in [7, 11) is 1.70. The highest BCUT2D eigenvalue weighted by Crippen LogP contribution is 2.37. The molecule has 1 aliphatic rings. The Balaban J connectivity index is 2.33. The molecule has 3 nitrogen and oxygen atoms in total. The van der Waals surface area contributed by atoms with Crippen LogP contribution in [0.3, 0.4) is 0 Å². The van der Waals surface area contributed by atoms with E-state index in [1.54, 1.807) is 7.11 Å². The second-order valence-electron chi connectivity index (χ2n) is 3.64. The van der Waals surface area contributed by atoms with Gasteiger partial charge in [0.2, 0.25) is 0 Å². The van der Waals surface area contributed by atoms with Crippen molar-refractivity contribution < 1.29 is 4.74 Å². The summed E-state index contributed by atoms with van der Waals surface area (Å²) in [6, 6.07) is 6.68. The lowest BCUT2D eigenvalue weighted by molar-refractivity contribution is 0.405. The Hall–Kier alpha value is -1.06. The van der Waals surface area contributed by atoms with Crippen molar-refractivity contribution in [2.75, 3.05) is 13.7 Å². The van der Waals surface area contributed by atoms with Crippen molar-refractivity contribution in [2.45, 2.75) is 19.4 Å². The van der Waals surface area contributed by atoms with Crippen LogP contribution in [0.4, 0.5) is 0 Å². The first-order valence-corrected chi connectivity index (χ1v) is 4.94. The minimum Gasteiger partial charge on any atom is -0.496 e. The number of hydrogen-bond acceptors (Lipinski definition) is 3. The number of benzene rings is 1. The first-order valence-electron chi connectivity index (χ1n) is 4.94. The number of methoxy groups -OCH3 is 1. The standard InChI is InChI=1S/C11H16N2O/c1-3-8-4-5-11(14-2)9(6-8)10-7-13(10)12/h4-6,10H,3,7,12H2,1-2H3. The molecule has 0 saturated carbocycles. The Morgan fingerprint density at radius 2 is 2.29 bits per heavy atom. The van der Waals surface area contributed by atoms with Gasteiger partial charge in [-0.15, -0.1) is 0 Å². The predicted octanol–water partition coefficient (Wildman–Crippen LogP) is 1.49. The molecule has 1 saturated heterocycles. The Bertz CT molecular complexity index is 338. The quantitative estimate of drug-likeness (QED) is 0.582. The highest BCUT2D eigenvalue weighted by molar-refractivity contribution is 5.41. The van der Waals surface area contributed by atoms with Crippen LogP contribution in [0.25, 0.3) is 0 Å². The third-order valence-corrected chi connectivity index (χ3v) is 2.71. The summed E-state index contributed by atoms with van der Waals surface area (Å²) in [5.74, 6) is 6.64. The number of nitrogens with two attached hydrogens (primary N) is 1. The first-order chi connectivity index (χ1) is 6.76. The van der Waals surface area contributed by atoms with Crippen LogP contribution in [0.2, 0.25) is 0 Å². The van der Waals surface area contributed by atoms with Gasteiger partial charge < -0.3 is 4.74 Å². The number of nitrogens with zero attached hydrogens (tertiary/aromatic N) is 1. The number of ether oxygens (including phenoxy) is 1. The summed E-state index contributed by atoms with van der Waals surface area (Å²) in [6.45, 7) is 3.09. The van der Waals surface area contributed by atoms with E-state index >= 15 is 0 Å². The van der Waals surface area contributed by atoms with Crippen LogP contribution in [0, 0.1) is 0 Å². The summed E-state index contributed by atoms with van der Waals surface area (Å²) >= 11 is 0. The summed E-state index contributed by atoms with van der Waals surface area (Å²) in [6.07, 6.45) is 1.05. The van der Waals surface area contributed by atoms with E-state index in [4.69, 9.17) is 10.6 Å². The number of rotatable bonds is 3. The molecule has 14 heavy (non-hydrogen) atoms. The smallest absolute Gasteiger partial charge is 0.123 e. The molecule has 1 aromatic rings. The third kappa shape index (κ3) is 1.61. The summed E-state index contributed by atoms with van der Waals surface area (Å²) < 4.78 is 5.31. The average Bonchev–Trinajstić information content (AvgIpc) is 2.94. The zero-order valence-corrected chi connectivity index (χ0v) is 8.66. The molecule has 3 heteroatoms. The SMILES string of the molecule is CCc1ccc(OC)c(C2CN2N)c1. The van der Waals surface area contributed by atoms with Crippen molar-refractivity contribution in [2.24, 2.45) is 5.84 Å². The highest BCUT2D eigenvalue weighted by Gasteiger charge is 2.34. The fourth-order valence-corrected chi connectivity index (χ4v) is 1.69. The Morgan fingerprint density at radius 3 is 2.79 bits per heavy atom. The van der Waals surface area contributed by atoms with Crippen LogP contribution < -0.4 is 10.6 Å². The fourth-order valence-electron chi connectivity index (χ4n) is 1.69. The van der Waals surface area contributed by atoms with E-state index in [0.29, 0.717) is 6.04 Å². The Labute approximate surface area is 84.4 Å². The van der Waals surface area contributed by atoms with Crippen molar-refractivity contribution in [1.82, 2.24) is 5.01 Å². The van der Waals surface area contributed by atoms with Crippen LogP contribution in [0.5, 0.6) is 5.75 Å². The molecule has 2 atom stereocenters. The van der Waals surface area contributed by atoms with Gasteiger partial charge in [-0.3, -0.25) is 5.84 Å². The van der Waals surface area contributed by atoms with E-state index in [1.807, 2.05) is 11.1 Å². The molecule has 0 amide bonds. The molecule has 1 aromatic carbocycles. The molecule has 2 N–H and O–H groups in total. The normalized spacial score (nSPS) is 24.8. The van der Waals surface area contributed by atoms with E-state index in [2.05, 4.69) is 19.1 Å². The summed E-state index contributed by atoms with van der Waals surface area (Å²) in [4.78, 5) is 0. The van der Waals surface area contributed by atoms with Crippen LogP contribution in [0.15, 0.2) is 18.2 Å². The van der Waals surface area contributed by atoms with Crippen molar-refractivity contribution >= 4 is 0 Å². The van der Waals surface area contributed by atoms with Gasteiger partial charge in [0.1, 0.15) is 5.75 Å². The second kappa shape index (κ2) is 3.59. The molecule has 1 aliphatic heterocycles. The number of aryl methyl sites for hydroxylation is 1. The van der Waals surface area contributed by atoms with Gasteiger partial charge in [-0.05, 0) is 18.1 Å². The molecule has 0 bridgehead atoms. The maximum atomic E-state index is 5.69. The summed E-state index contributed by atoms with van der Waals surface area (Å²) in [5, 5.41) is 1.82. The lowest BCUT2D eigenvalue weighted by Gasteiger charge is -2.09. The van der Waals surface area contributed by atoms with Crippen LogP contribution in [-0.2, 0) is 6.42 Å². The topological polar surface area (TPSA) is 38.3 Å². The van der Waals surface area contributed by atoms with E-state index in [0.717, 1.165) is 18.7 Å². The second-order valence-corrected chi connectivity index (χ2v) is 3.64. The average molecular weight is 192 g/mol. The minimum absolute atomic E-state index is 0.358. The van der Waals surface area contributed by atoms with Crippen LogP contribution in [-0.4, -0.2) is 18.7 Å². The molecule has 0 aromatic heterocycles. The van der Waals surface area contributed by atoms with Gasteiger partial charge in [0, 0.05) is 12.1 Å². The van der Waals surface area contributed by atoms with E-state index in [-0.39, 0.29) is 0 Å². The Kier molecular flexibility index (Phi) is 2.44. The lowest BCUT2D eigenvalue weighted by atomic mass is 10.1. The van der Waals surface area contributed by atoms with Crippen LogP contribution in [0.1, 0.15) is 24.1 Å². The minimum atomic E-state index is 0.358. The fraction of sp³-hybridized carbons (Fsp3) is 0.455. The molecule has 0 spiro atoms. The first kappa shape index (κ1) is 9.49. The van der Waals surface area contributed by atoms with Gasteiger partial charge in [-0.1, -0.05) is 19.1 Å². The van der Waals surface area contributed by atoms with Gasteiger partial charge in [0.25, 0.3) is 0 Å². The molecular weight excluding hydrogens is 176 g/mol.